The number of hydrogen-bond donors (Lipinski definition) is 4. The van der Waals surface area contributed by atoms with Gasteiger partial charge in [0.15, 0.2) is 5.78 Å². The van der Waals surface area contributed by atoms with Crippen LogP contribution in [-0.2, 0) is 14.3 Å². The number of hydrogen-bond acceptors (Lipinski definition) is 7. The molecular weight excluding hydrogens is 628 g/mol. The molecule has 288 valence electrons. The van der Waals surface area contributed by atoms with E-state index in [0.717, 1.165) is 44.1 Å². The van der Waals surface area contributed by atoms with Crippen molar-refractivity contribution in [3.63, 3.8) is 0 Å². The van der Waals surface area contributed by atoms with Crippen molar-refractivity contribution < 1.29 is 34.8 Å². The lowest BCUT2D eigenvalue weighted by Crippen LogP contribution is -2.61. The summed E-state index contributed by atoms with van der Waals surface area (Å²) in [7, 11) is 0. The molecule has 0 amide bonds. The molecule has 0 aromatic carbocycles. The first-order valence-corrected chi connectivity index (χ1v) is 20.8. The molecule has 4 aliphatic rings. The molecule has 7 heteroatoms. The Hall–Kier alpha value is -1.28. The van der Waals surface area contributed by atoms with Gasteiger partial charge in [0, 0.05) is 17.8 Å². The highest BCUT2D eigenvalue weighted by atomic mass is 16.5. The van der Waals surface area contributed by atoms with Crippen LogP contribution in [0.1, 0.15) is 183 Å². The van der Waals surface area contributed by atoms with E-state index in [2.05, 4.69) is 27.7 Å². The number of unbranched alkanes of at least 4 members (excludes halogenated alkanes) is 12. The fourth-order valence-electron chi connectivity index (χ4n) is 11.0. The first kappa shape index (κ1) is 41.5. The lowest BCUT2D eigenvalue weighted by atomic mass is 9.46. The van der Waals surface area contributed by atoms with E-state index in [0.29, 0.717) is 32.1 Å². The highest BCUT2D eigenvalue weighted by Crippen LogP contribution is 2.68. The van der Waals surface area contributed by atoms with Gasteiger partial charge < -0.3 is 25.2 Å². The number of fused-ring (bicyclic) bond motifs is 5. The summed E-state index contributed by atoms with van der Waals surface area (Å²) in [6, 6.07) is 0. The summed E-state index contributed by atoms with van der Waals surface area (Å²) >= 11 is 0. The third-order valence-electron chi connectivity index (χ3n) is 14.2. The van der Waals surface area contributed by atoms with E-state index in [1.165, 1.54) is 64.2 Å². The van der Waals surface area contributed by atoms with Crippen LogP contribution in [0.15, 0.2) is 11.6 Å². The van der Waals surface area contributed by atoms with E-state index in [9.17, 15) is 30.0 Å². The van der Waals surface area contributed by atoms with Crippen molar-refractivity contribution in [2.75, 3.05) is 0 Å². The molecule has 50 heavy (non-hydrogen) atoms. The quantitative estimate of drug-likeness (QED) is 0.0739. The van der Waals surface area contributed by atoms with E-state index in [4.69, 9.17) is 4.74 Å². The second-order valence-electron chi connectivity index (χ2n) is 18.4. The molecule has 0 heterocycles. The second-order valence-corrected chi connectivity index (χ2v) is 18.4. The van der Waals surface area contributed by atoms with E-state index >= 15 is 0 Å². The van der Waals surface area contributed by atoms with E-state index in [1.807, 2.05) is 0 Å². The fourth-order valence-corrected chi connectivity index (χ4v) is 11.0. The molecule has 0 radical (unpaired) electrons. The predicted octanol–water partition coefficient (Wildman–Crippen LogP) is 8.77. The van der Waals surface area contributed by atoms with Crippen LogP contribution in [0, 0.1) is 34.5 Å². The molecule has 0 spiro atoms. The Kier molecular flexibility index (Phi) is 14.7. The van der Waals surface area contributed by atoms with Gasteiger partial charge in [-0.25, -0.2) is 0 Å². The minimum absolute atomic E-state index is 0.0244. The number of rotatable bonds is 20. The lowest BCUT2D eigenvalue weighted by Gasteiger charge is -2.60. The Morgan fingerprint density at radius 2 is 1.48 bits per heavy atom. The van der Waals surface area contributed by atoms with Crippen LogP contribution in [-0.4, -0.2) is 61.7 Å². The zero-order valence-electron chi connectivity index (χ0n) is 32.7. The maximum Gasteiger partial charge on any atom is 0.306 e. The molecule has 0 bridgehead atoms. The Bertz CT molecular complexity index is 1140. The van der Waals surface area contributed by atoms with Gasteiger partial charge in [0.1, 0.15) is 6.10 Å². The minimum atomic E-state index is -1.15. The Morgan fingerprint density at radius 3 is 2.06 bits per heavy atom. The monoisotopic (exact) mass is 703 g/mol. The average molecular weight is 703 g/mol. The third kappa shape index (κ3) is 9.44. The third-order valence-corrected chi connectivity index (χ3v) is 14.2. The van der Waals surface area contributed by atoms with Crippen molar-refractivity contribution in [2.45, 2.75) is 212 Å². The number of aliphatic hydroxyl groups excluding tert-OH is 2. The van der Waals surface area contributed by atoms with Gasteiger partial charge >= 0.3 is 5.97 Å². The summed E-state index contributed by atoms with van der Waals surface area (Å²) in [6.07, 6.45) is 20.9. The van der Waals surface area contributed by atoms with E-state index in [-0.39, 0.29) is 47.9 Å². The van der Waals surface area contributed by atoms with Crippen LogP contribution >= 0.6 is 0 Å². The minimum Gasteiger partial charge on any atom is -0.462 e. The first-order chi connectivity index (χ1) is 23.6. The van der Waals surface area contributed by atoms with Crippen molar-refractivity contribution >= 4 is 11.8 Å². The molecule has 0 aromatic heterocycles. The van der Waals surface area contributed by atoms with Crippen molar-refractivity contribution in [1.82, 2.24) is 0 Å². The van der Waals surface area contributed by atoms with Crippen LogP contribution in [0.5, 0.6) is 0 Å². The van der Waals surface area contributed by atoms with Crippen LogP contribution in [0.2, 0.25) is 0 Å². The number of carbonyl (C=O) groups is 2. The maximum absolute atomic E-state index is 13.6. The summed E-state index contributed by atoms with van der Waals surface area (Å²) in [4.78, 5) is 26.8. The van der Waals surface area contributed by atoms with Gasteiger partial charge in [-0.1, -0.05) is 105 Å². The molecular formula is C43H74O7. The topological polar surface area (TPSA) is 124 Å². The van der Waals surface area contributed by atoms with Crippen molar-refractivity contribution in [3.05, 3.63) is 11.6 Å². The maximum atomic E-state index is 13.6. The summed E-state index contributed by atoms with van der Waals surface area (Å²) < 4.78 is 6.27. The van der Waals surface area contributed by atoms with Crippen LogP contribution < -0.4 is 0 Å². The van der Waals surface area contributed by atoms with Gasteiger partial charge in [-0.3, -0.25) is 9.59 Å². The van der Waals surface area contributed by atoms with Gasteiger partial charge in [-0.05, 0) is 106 Å². The van der Waals surface area contributed by atoms with Gasteiger partial charge in [0.2, 0.25) is 0 Å². The molecule has 3 saturated carbocycles. The molecule has 4 N–H and O–H groups in total. The largest absolute Gasteiger partial charge is 0.462 e. The summed E-state index contributed by atoms with van der Waals surface area (Å²) in [5.41, 5.74) is -2.22. The number of aliphatic hydroxyl groups is 4. The fraction of sp³-hybridized carbons (Fsp3) is 0.907. The highest BCUT2D eigenvalue weighted by Gasteiger charge is 2.67. The van der Waals surface area contributed by atoms with Gasteiger partial charge in [-0.15, -0.1) is 0 Å². The summed E-state index contributed by atoms with van der Waals surface area (Å²) in [5.74, 6) is -0.532. The Balaban J connectivity index is 1.33. The predicted molar refractivity (Wildman–Crippen MR) is 199 cm³/mol. The number of ketones is 1. The second kappa shape index (κ2) is 17.7. The van der Waals surface area contributed by atoms with Gasteiger partial charge in [0.05, 0.1) is 23.4 Å². The number of carbonyl (C=O) groups excluding carboxylic acids is 2. The molecule has 0 aromatic rings. The number of ether oxygens (including phenoxy) is 1. The molecule has 4 rings (SSSR count). The molecule has 10 atom stereocenters. The first-order valence-electron chi connectivity index (χ1n) is 20.8. The van der Waals surface area contributed by atoms with Crippen LogP contribution in [0.3, 0.4) is 0 Å². The van der Waals surface area contributed by atoms with Crippen molar-refractivity contribution in [1.29, 1.82) is 0 Å². The zero-order valence-corrected chi connectivity index (χ0v) is 32.7. The molecule has 0 saturated heterocycles. The molecule has 4 aliphatic carbocycles. The molecule has 7 nitrogen and oxygen atoms in total. The van der Waals surface area contributed by atoms with E-state index < -0.39 is 34.2 Å². The standard InChI is InChI=1S/C43H74O7/c1-7-8-9-10-11-12-13-14-15-16-17-18-19-20-39(47)50-38(23-24-40(3,4)48)30(2)31-22-26-43(49)33-27-35(44)34-28-36(45)37(46)29-41(34,5)32(33)21-25-42(31,43)6/h27,30-32,34,36-38,45-46,48-49H,7-26,28-29H2,1-6H3/t30-,31+,32-,34-,36+,37-,38+,41+,42+,43+/m0/s1. The molecule has 3 fully saturated rings. The van der Waals surface area contributed by atoms with Gasteiger partial charge in [0.25, 0.3) is 0 Å². The smallest absolute Gasteiger partial charge is 0.306 e. The lowest BCUT2D eigenvalue weighted by molar-refractivity contribution is -0.162. The normalized spacial score (nSPS) is 35.1. The van der Waals surface area contributed by atoms with Crippen LogP contribution in [0.4, 0.5) is 0 Å². The van der Waals surface area contributed by atoms with Gasteiger partial charge in [-0.2, -0.15) is 0 Å². The summed E-state index contributed by atoms with van der Waals surface area (Å²) in [6.45, 7) is 12.2. The Labute approximate surface area is 304 Å². The van der Waals surface area contributed by atoms with Crippen molar-refractivity contribution in [2.24, 2.45) is 34.5 Å². The number of esters is 1. The Morgan fingerprint density at radius 1 is 0.900 bits per heavy atom. The molecule has 0 unspecified atom stereocenters. The van der Waals surface area contributed by atoms with E-state index in [1.54, 1.807) is 19.9 Å². The molecule has 0 aliphatic heterocycles. The van der Waals surface area contributed by atoms with Crippen molar-refractivity contribution in [3.8, 4) is 0 Å². The average Bonchev–Trinajstić information content (AvgIpc) is 3.33. The zero-order chi connectivity index (χ0) is 36.7. The summed E-state index contributed by atoms with van der Waals surface area (Å²) in [5, 5.41) is 44.3. The SMILES string of the molecule is CCCCCCCCCCCCCCCC(=O)O[C@H](CCC(C)(C)O)[C@@H](C)[C@H]1CC[C@@]2(O)C3=CC(=O)[C@@H]4C[C@@H](O)[C@@H](O)C[C@]4(C)[C@H]3CC[C@]12C. The number of allylic oxidation sites excluding steroid dienone is 1. The highest BCUT2D eigenvalue weighted by molar-refractivity contribution is 5.95. The van der Waals surface area contributed by atoms with Crippen LogP contribution in [0.25, 0.3) is 0 Å².